The lowest BCUT2D eigenvalue weighted by Gasteiger charge is -2.20. The molecule has 1 aromatic rings. The van der Waals surface area contributed by atoms with Crippen LogP contribution >= 0.6 is 0 Å². The van der Waals surface area contributed by atoms with Gasteiger partial charge in [0.15, 0.2) is 0 Å². The lowest BCUT2D eigenvalue weighted by atomic mass is 9.91. The molecular formula is C17H27NO. The van der Waals surface area contributed by atoms with E-state index in [4.69, 9.17) is 4.74 Å². The normalized spacial score (nSPS) is 25.6. The average Bonchev–Trinajstić information content (AvgIpc) is 2.54. The van der Waals surface area contributed by atoms with E-state index in [1.165, 1.54) is 18.5 Å². The van der Waals surface area contributed by atoms with Crippen molar-refractivity contribution < 1.29 is 4.74 Å². The molecule has 0 aliphatic heterocycles. The molecular weight excluding hydrogens is 234 g/mol. The van der Waals surface area contributed by atoms with E-state index in [2.05, 4.69) is 52.1 Å². The van der Waals surface area contributed by atoms with Crippen LogP contribution in [0.5, 0.6) is 5.75 Å². The molecule has 1 aliphatic carbocycles. The fraction of sp³-hybridized carbons (Fsp3) is 0.647. The Bertz CT molecular complexity index is 408. The van der Waals surface area contributed by atoms with E-state index in [9.17, 15) is 0 Å². The molecule has 0 aromatic heterocycles. The zero-order valence-electron chi connectivity index (χ0n) is 12.9. The molecule has 0 bridgehead atoms. The first-order chi connectivity index (χ1) is 8.85. The number of benzene rings is 1. The Labute approximate surface area is 117 Å². The predicted molar refractivity (Wildman–Crippen MR) is 81.8 cm³/mol. The van der Waals surface area contributed by atoms with Crippen LogP contribution in [0.3, 0.4) is 0 Å². The summed E-state index contributed by atoms with van der Waals surface area (Å²) in [5.74, 6) is 1.68. The Balaban J connectivity index is 1.96. The topological polar surface area (TPSA) is 21.3 Å². The van der Waals surface area contributed by atoms with Crippen molar-refractivity contribution in [2.45, 2.75) is 59.6 Å². The van der Waals surface area contributed by atoms with Gasteiger partial charge < -0.3 is 10.1 Å². The summed E-state index contributed by atoms with van der Waals surface area (Å²) < 4.78 is 5.67. The van der Waals surface area contributed by atoms with Crippen LogP contribution in [0.2, 0.25) is 0 Å². The van der Waals surface area contributed by atoms with Crippen molar-refractivity contribution in [1.82, 2.24) is 0 Å². The molecule has 0 saturated heterocycles. The van der Waals surface area contributed by atoms with Gasteiger partial charge >= 0.3 is 0 Å². The van der Waals surface area contributed by atoms with Gasteiger partial charge in [-0.25, -0.2) is 0 Å². The summed E-state index contributed by atoms with van der Waals surface area (Å²) in [6.45, 7) is 11.2. The van der Waals surface area contributed by atoms with E-state index < -0.39 is 0 Å². The number of anilines is 1. The molecule has 2 unspecified atom stereocenters. The van der Waals surface area contributed by atoms with E-state index in [-0.39, 0.29) is 6.10 Å². The largest absolute Gasteiger partial charge is 0.491 e. The van der Waals surface area contributed by atoms with E-state index in [0.717, 1.165) is 11.7 Å². The first kappa shape index (κ1) is 14.2. The maximum absolute atomic E-state index is 5.67. The van der Waals surface area contributed by atoms with E-state index in [0.29, 0.717) is 11.5 Å². The molecule has 2 heteroatoms. The van der Waals surface area contributed by atoms with Crippen LogP contribution in [0.1, 0.15) is 47.5 Å². The lowest BCUT2D eigenvalue weighted by Crippen LogP contribution is -2.22. The highest BCUT2D eigenvalue weighted by molar-refractivity contribution is 5.47. The fourth-order valence-electron chi connectivity index (χ4n) is 3.20. The molecule has 2 rings (SSSR count). The summed E-state index contributed by atoms with van der Waals surface area (Å²) in [4.78, 5) is 0. The van der Waals surface area contributed by atoms with Gasteiger partial charge in [-0.05, 0) is 62.3 Å². The number of rotatable bonds is 4. The third-order valence-corrected chi connectivity index (χ3v) is 3.91. The molecule has 2 nitrogen and oxygen atoms in total. The molecule has 0 radical (unpaired) electrons. The van der Waals surface area contributed by atoms with E-state index in [1.807, 2.05) is 12.1 Å². The zero-order chi connectivity index (χ0) is 14.0. The quantitative estimate of drug-likeness (QED) is 0.847. The van der Waals surface area contributed by atoms with Crippen LogP contribution in [-0.4, -0.2) is 12.1 Å². The standard InChI is InChI=1S/C17H27NO/c1-12(2)19-15-8-6-14(7-9-15)18-16-11-17(4,5)10-13(16)3/h6-9,12-13,16,18H,10-11H2,1-5H3. The molecule has 1 fully saturated rings. The Hall–Kier alpha value is -1.18. The molecule has 0 heterocycles. The monoisotopic (exact) mass is 261 g/mol. The van der Waals surface area contributed by atoms with Gasteiger partial charge in [-0.15, -0.1) is 0 Å². The van der Waals surface area contributed by atoms with Crippen molar-refractivity contribution in [3.05, 3.63) is 24.3 Å². The van der Waals surface area contributed by atoms with E-state index >= 15 is 0 Å². The Morgan fingerprint density at radius 3 is 2.26 bits per heavy atom. The summed E-state index contributed by atoms with van der Waals surface area (Å²) >= 11 is 0. The van der Waals surface area contributed by atoms with Gasteiger partial charge in [0, 0.05) is 11.7 Å². The van der Waals surface area contributed by atoms with Crippen LogP contribution in [0.25, 0.3) is 0 Å². The predicted octanol–water partition coefficient (Wildman–Crippen LogP) is 4.71. The van der Waals surface area contributed by atoms with Gasteiger partial charge in [-0.2, -0.15) is 0 Å². The SMILES string of the molecule is CC(C)Oc1ccc(NC2CC(C)(C)CC2C)cc1. The molecule has 2 atom stereocenters. The van der Waals surface area contributed by atoms with Crippen molar-refractivity contribution in [1.29, 1.82) is 0 Å². The zero-order valence-corrected chi connectivity index (χ0v) is 12.9. The lowest BCUT2D eigenvalue weighted by molar-refractivity contribution is 0.242. The van der Waals surface area contributed by atoms with E-state index in [1.54, 1.807) is 0 Å². The van der Waals surface area contributed by atoms with Crippen molar-refractivity contribution in [3.8, 4) is 5.75 Å². The minimum atomic E-state index is 0.231. The van der Waals surface area contributed by atoms with Gasteiger partial charge in [0.05, 0.1) is 6.10 Å². The molecule has 1 saturated carbocycles. The highest BCUT2D eigenvalue weighted by Gasteiger charge is 2.36. The Morgan fingerprint density at radius 2 is 1.79 bits per heavy atom. The summed E-state index contributed by atoms with van der Waals surface area (Å²) in [5.41, 5.74) is 1.67. The Kier molecular flexibility index (Phi) is 4.07. The molecule has 1 aliphatic rings. The van der Waals surface area contributed by atoms with Gasteiger partial charge in [0.2, 0.25) is 0 Å². The van der Waals surface area contributed by atoms with Crippen molar-refractivity contribution >= 4 is 5.69 Å². The van der Waals surface area contributed by atoms with Crippen molar-refractivity contribution in [2.75, 3.05) is 5.32 Å². The molecule has 0 amide bonds. The van der Waals surface area contributed by atoms with Crippen LogP contribution in [0.15, 0.2) is 24.3 Å². The maximum atomic E-state index is 5.67. The number of hydrogen-bond acceptors (Lipinski definition) is 2. The summed E-state index contributed by atoms with van der Waals surface area (Å²) in [7, 11) is 0. The molecule has 0 spiro atoms. The number of nitrogens with one attached hydrogen (secondary N) is 1. The first-order valence-electron chi connectivity index (χ1n) is 7.39. The van der Waals surface area contributed by atoms with Crippen molar-refractivity contribution in [3.63, 3.8) is 0 Å². The van der Waals surface area contributed by atoms with Crippen LogP contribution < -0.4 is 10.1 Å². The minimum Gasteiger partial charge on any atom is -0.491 e. The molecule has 106 valence electrons. The first-order valence-corrected chi connectivity index (χ1v) is 7.39. The highest BCUT2D eigenvalue weighted by atomic mass is 16.5. The smallest absolute Gasteiger partial charge is 0.119 e. The number of hydrogen-bond donors (Lipinski definition) is 1. The second kappa shape index (κ2) is 5.44. The number of ether oxygens (including phenoxy) is 1. The highest BCUT2D eigenvalue weighted by Crippen LogP contribution is 2.42. The molecule has 1 aromatic carbocycles. The summed E-state index contributed by atoms with van der Waals surface area (Å²) in [5, 5.41) is 3.67. The van der Waals surface area contributed by atoms with Crippen molar-refractivity contribution in [2.24, 2.45) is 11.3 Å². The molecule has 1 N–H and O–H groups in total. The third kappa shape index (κ3) is 3.89. The second-order valence-electron chi connectivity index (χ2n) is 6.99. The van der Waals surface area contributed by atoms with Gasteiger partial charge in [0.25, 0.3) is 0 Å². The minimum absolute atomic E-state index is 0.231. The van der Waals surface area contributed by atoms with Gasteiger partial charge in [0.1, 0.15) is 5.75 Å². The van der Waals surface area contributed by atoms with Gasteiger partial charge in [-0.3, -0.25) is 0 Å². The summed E-state index contributed by atoms with van der Waals surface area (Å²) in [6, 6.07) is 8.93. The average molecular weight is 261 g/mol. The summed E-state index contributed by atoms with van der Waals surface area (Å²) in [6.07, 6.45) is 2.78. The Morgan fingerprint density at radius 1 is 1.16 bits per heavy atom. The second-order valence-corrected chi connectivity index (χ2v) is 6.99. The fourth-order valence-corrected chi connectivity index (χ4v) is 3.20. The van der Waals surface area contributed by atoms with Gasteiger partial charge in [-0.1, -0.05) is 20.8 Å². The van der Waals surface area contributed by atoms with Crippen LogP contribution in [0, 0.1) is 11.3 Å². The third-order valence-electron chi connectivity index (χ3n) is 3.91. The molecule has 19 heavy (non-hydrogen) atoms. The van der Waals surface area contributed by atoms with Crippen LogP contribution in [0.4, 0.5) is 5.69 Å². The van der Waals surface area contributed by atoms with Crippen LogP contribution in [-0.2, 0) is 0 Å². The maximum Gasteiger partial charge on any atom is 0.119 e.